The van der Waals surface area contributed by atoms with Crippen LogP contribution in [0.25, 0.3) is 0 Å². The molecule has 0 N–H and O–H groups in total. The molecule has 0 unspecified atom stereocenters. The molecule has 1 aromatic heterocycles. The fraction of sp³-hybridized carbons (Fsp3) is 0.524. The molecule has 0 saturated heterocycles. The smallest absolute Gasteiger partial charge is 0.274 e. The number of carbonyl (C=O) groups excluding carboxylic acids is 1. The highest BCUT2D eigenvalue weighted by molar-refractivity contribution is 5.92. The highest BCUT2D eigenvalue weighted by Crippen LogP contribution is 2.35. The van der Waals surface area contributed by atoms with Crippen LogP contribution in [-0.2, 0) is 13.0 Å². The minimum Gasteiger partial charge on any atom is -0.496 e. The van der Waals surface area contributed by atoms with E-state index >= 15 is 0 Å². The number of aryl methyl sites for hydroxylation is 1. The summed E-state index contributed by atoms with van der Waals surface area (Å²) in [6.45, 7) is 6.32. The normalized spacial score (nSPS) is 16.1. The second-order valence-corrected chi connectivity index (χ2v) is 7.11. The number of aromatic nitrogens is 2. The van der Waals surface area contributed by atoms with Crippen molar-refractivity contribution in [1.29, 1.82) is 0 Å². The Morgan fingerprint density at radius 3 is 2.74 bits per heavy atom. The average Bonchev–Trinajstić information content (AvgIpc) is 3.10. The summed E-state index contributed by atoms with van der Waals surface area (Å²) in [5, 5.41) is 0. The fourth-order valence-electron chi connectivity index (χ4n) is 3.84. The van der Waals surface area contributed by atoms with Crippen LogP contribution in [0.15, 0.2) is 24.4 Å². The Balaban J connectivity index is 1.81. The van der Waals surface area contributed by atoms with E-state index in [2.05, 4.69) is 18.8 Å². The molecule has 0 spiro atoms. The van der Waals surface area contributed by atoms with Gasteiger partial charge in [0, 0.05) is 43.7 Å². The standard InChI is InChI=1S/C21H28FN3O2/c1-4-10-24(11-5-2)21(26)18-14-25-13-15(6-9-20(25)23-18)17-12-16(22)7-8-19(17)27-3/h7-8,12,14-15H,4-6,9-11,13H2,1-3H3/t15-/m1/s1. The molecule has 2 heterocycles. The van der Waals surface area contributed by atoms with E-state index in [1.165, 1.54) is 6.07 Å². The van der Waals surface area contributed by atoms with Crippen LogP contribution in [0.1, 0.15) is 60.9 Å². The van der Waals surface area contributed by atoms with E-state index < -0.39 is 0 Å². The highest BCUT2D eigenvalue weighted by atomic mass is 19.1. The van der Waals surface area contributed by atoms with Gasteiger partial charge in [0.25, 0.3) is 5.91 Å². The van der Waals surface area contributed by atoms with Gasteiger partial charge in [-0.2, -0.15) is 0 Å². The molecule has 1 aliphatic heterocycles. The predicted octanol–water partition coefficient (Wildman–Crippen LogP) is 4.02. The molecule has 1 amide bonds. The van der Waals surface area contributed by atoms with Crippen molar-refractivity contribution in [2.24, 2.45) is 0 Å². The van der Waals surface area contributed by atoms with Crippen molar-refractivity contribution >= 4 is 5.91 Å². The van der Waals surface area contributed by atoms with Crippen molar-refractivity contribution in [3.05, 3.63) is 47.3 Å². The summed E-state index contributed by atoms with van der Waals surface area (Å²) in [6, 6.07) is 4.65. The number of methoxy groups -OCH3 is 1. The third-order valence-electron chi connectivity index (χ3n) is 5.12. The number of ether oxygens (including phenoxy) is 1. The van der Waals surface area contributed by atoms with Gasteiger partial charge in [0.15, 0.2) is 0 Å². The summed E-state index contributed by atoms with van der Waals surface area (Å²) in [4.78, 5) is 19.3. The summed E-state index contributed by atoms with van der Waals surface area (Å²) in [7, 11) is 1.61. The first-order valence-corrected chi connectivity index (χ1v) is 9.76. The Kier molecular flexibility index (Phi) is 6.14. The number of rotatable bonds is 7. The van der Waals surface area contributed by atoms with Crippen molar-refractivity contribution < 1.29 is 13.9 Å². The van der Waals surface area contributed by atoms with Gasteiger partial charge in [0.1, 0.15) is 23.1 Å². The molecule has 0 radical (unpaired) electrons. The van der Waals surface area contributed by atoms with Crippen molar-refractivity contribution in [2.45, 2.75) is 52.0 Å². The molecule has 27 heavy (non-hydrogen) atoms. The van der Waals surface area contributed by atoms with Gasteiger partial charge < -0.3 is 14.2 Å². The average molecular weight is 373 g/mol. The molecule has 1 aliphatic rings. The minimum absolute atomic E-state index is 0.000450. The molecule has 6 heteroatoms. The lowest BCUT2D eigenvalue weighted by atomic mass is 9.91. The predicted molar refractivity (Wildman–Crippen MR) is 103 cm³/mol. The first-order valence-electron chi connectivity index (χ1n) is 9.76. The maximum atomic E-state index is 13.8. The number of nitrogens with zero attached hydrogens (tertiary/aromatic N) is 3. The van der Waals surface area contributed by atoms with E-state index in [1.807, 2.05) is 15.7 Å². The van der Waals surface area contributed by atoms with Crippen LogP contribution >= 0.6 is 0 Å². The van der Waals surface area contributed by atoms with Gasteiger partial charge >= 0.3 is 0 Å². The van der Waals surface area contributed by atoms with Crippen molar-refractivity contribution in [3.63, 3.8) is 0 Å². The van der Waals surface area contributed by atoms with Gasteiger partial charge in [-0.1, -0.05) is 13.8 Å². The Labute approximate surface area is 160 Å². The number of halogens is 1. The van der Waals surface area contributed by atoms with E-state index in [1.54, 1.807) is 19.2 Å². The molecule has 5 nitrogen and oxygen atoms in total. The van der Waals surface area contributed by atoms with E-state index in [9.17, 15) is 9.18 Å². The maximum Gasteiger partial charge on any atom is 0.274 e. The number of carbonyl (C=O) groups is 1. The minimum atomic E-state index is -0.257. The third kappa shape index (κ3) is 4.15. The van der Waals surface area contributed by atoms with Crippen molar-refractivity contribution in [1.82, 2.24) is 14.5 Å². The second kappa shape index (κ2) is 8.55. The monoisotopic (exact) mass is 373 g/mol. The molecule has 0 saturated carbocycles. The Hall–Kier alpha value is -2.37. The quantitative estimate of drug-likeness (QED) is 0.736. The molecule has 3 rings (SSSR count). The van der Waals surface area contributed by atoms with Crippen LogP contribution in [0.4, 0.5) is 4.39 Å². The summed E-state index contributed by atoms with van der Waals surface area (Å²) in [5.74, 6) is 1.52. The molecular formula is C21H28FN3O2. The largest absolute Gasteiger partial charge is 0.496 e. The van der Waals surface area contributed by atoms with Crippen LogP contribution in [0.3, 0.4) is 0 Å². The Morgan fingerprint density at radius 2 is 2.07 bits per heavy atom. The summed E-state index contributed by atoms with van der Waals surface area (Å²) < 4.78 is 21.2. The molecule has 2 aromatic rings. The molecule has 146 valence electrons. The molecular weight excluding hydrogens is 345 g/mol. The van der Waals surface area contributed by atoms with E-state index in [-0.39, 0.29) is 17.6 Å². The number of fused-ring (bicyclic) bond motifs is 1. The van der Waals surface area contributed by atoms with E-state index in [0.29, 0.717) is 18.0 Å². The number of imidazole rings is 1. The number of hydrogen-bond donors (Lipinski definition) is 0. The Bertz CT molecular complexity index is 797. The van der Waals surface area contributed by atoms with Gasteiger partial charge in [-0.25, -0.2) is 9.37 Å². The van der Waals surface area contributed by atoms with Gasteiger partial charge in [-0.05, 0) is 37.5 Å². The zero-order chi connectivity index (χ0) is 19.4. The van der Waals surface area contributed by atoms with Gasteiger partial charge in [0.05, 0.1) is 7.11 Å². The van der Waals surface area contributed by atoms with Crippen molar-refractivity contribution in [2.75, 3.05) is 20.2 Å². The van der Waals surface area contributed by atoms with Gasteiger partial charge in [0.2, 0.25) is 0 Å². The van der Waals surface area contributed by atoms with Crippen LogP contribution < -0.4 is 4.74 Å². The van der Waals surface area contributed by atoms with E-state index in [0.717, 1.165) is 50.2 Å². The molecule has 0 bridgehead atoms. The highest BCUT2D eigenvalue weighted by Gasteiger charge is 2.27. The second-order valence-electron chi connectivity index (χ2n) is 7.11. The SMILES string of the molecule is CCCN(CCC)C(=O)c1cn2c(n1)CC[C@@H](c1cc(F)ccc1OC)C2. The lowest BCUT2D eigenvalue weighted by Gasteiger charge is -2.25. The lowest BCUT2D eigenvalue weighted by Crippen LogP contribution is -2.32. The van der Waals surface area contributed by atoms with Crippen LogP contribution in [0.5, 0.6) is 5.75 Å². The number of hydrogen-bond acceptors (Lipinski definition) is 3. The van der Waals surface area contributed by atoms with E-state index in [4.69, 9.17) is 4.74 Å². The first-order chi connectivity index (χ1) is 13.1. The topological polar surface area (TPSA) is 47.4 Å². The molecule has 0 fully saturated rings. The maximum absolute atomic E-state index is 13.8. The Morgan fingerprint density at radius 1 is 1.33 bits per heavy atom. The number of benzene rings is 1. The zero-order valence-corrected chi connectivity index (χ0v) is 16.4. The molecule has 1 atom stereocenters. The fourth-order valence-corrected chi connectivity index (χ4v) is 3.84. The van der Waals surface area contributed by atoms with Crippen LogP contribution in [0, 0.1) is 5.82 Å². The summed E-state index contributed by atoms with van der Waals surface area (Å²) >= 11 is 0. The zero-order valence-electron chi connectivity index (χ0n) is 16.4. The summed E-state index contributed by atoms with van der Waals surface area (Å²) in [6.07, 6.45) is 5.34. The van der Waals surface area contributed by atoms with Crippen LogP contribution in [-0.4, -0.2) is 40.6 Å². The number of amides is 1. The van der Waals surface area contributed by atoms with Gasteiger partial charge in [-0.3, -0.25) is 4.79 Å². The first kappa shape index (κ1) is 19.4. The third-order valence-corrected chi connectivity index (χ3v) is 5.12. The lowest BCUT2D eigenvalue weighted by molar-refractivity contribution is 0.0750. The molecule has 1 aromatic carbocycles. The molecule has 0 aliphatic carbocycles. The van der Waals surface area contributed by atoms with Crippen LogP contribution in [0.2, 0.25) is 0 Å². The van der Waals surface area contributed by atoms with Gasteiger partial charge in [-0.15, -0.1) is 0 Å². The van der Waals surface area contributed by atoms with Crippen molar-refractivity contribution in [3.8, 4) is 5.75 Å². The summed E-state index contributed by atoms with van der Waals surface area (Å²) in [5.41, 5.74) is 1.39.